The molecule has 2 aromatic carbocycles. The highest BCUT2D eigenvalue weighted by Gasteiger charge is 2.37. The van der Waals surface area contributed by atoms with Gasteiger partial charge in [0.25, 0.3) is 0 Å². The van der Waals surface area contributed by atoms with Gasteiger partial charge >= 0.3 is 6.09 Å². The Morgan fingerprint density at radius 3 is 2.38 bits per heavy atom. The third-order valence-corrected chi connectivity index (χ3v) is 10.9. The number of methoxy groups -OCH3 is 1. The van der Waals surface area contributed by atoms with E-state index in [0.29, 0.717) is 36.8 Å². The van der Waals surface area contributed by atoms with Crippen LogP contribution in [-0.2, 0) is 30.7 Å². The Balaban J connectivity index is 1.66. The number of pyridine rings is 1. The molecular formula is C38H49ClFN7O8S. The molecule has 1 aliphatic rings. The summed E-state index contributed by atoms with van der Waals surface area (Å²) in [4.78, 5) is 35.4. The smallest absolute Gasteiger partial charge is 0.410 e. The number of hydrogen-bond donors (Lipinski definition) is 3. The number of nitrogens with zero attached hydrogens (tertiary/aromatic N) is 5. The van der Waals surface area contributed by atoms with E-state index in [4.69, 9.17) is 25.8 Å². The molecule has 56 heavy (non-hydrogen) atoms. The summed E-state index contributed by atoms with van der Waals surface area (Å²) < 4.78 is 61.9. The number of anilines is 1. The summed E-state index contributed by atoms with van der Waals surface area (Å²) in [6, 6.07) is 10.3. The number of carbonyl (C=O) groups excluding carboxylic acids is 2. The quantitative estimate of drug-likeness (QED) is 0.0761. The second-order valence-electron chi connectivity index (χ2n) is 14.6. The molecule has 1 fully saturated rings. The van der Waals surface area contributed by atoms with Crippen LogP contribution in [0.15, 0.2) is 70.9 Å². The second kappa shape index (κ2) is 20.1. The Labute approximate surface area is 331 Å². The molecule has 3 aromatic rings. The molecule has 1 saturated heterocycles. The van der Waals surface area contributed by atoms with Crippen LogP contribution < -0.4 is 14.8 Å². The highest BCUT2D eigenvalue weighted by atomic mass is 35.5. The third kappa shape index (κ3) is 12.8. The molecule has 15 nitrogen and oxygen atoms in total. The molecular weight excluding hydrogens is 769 g/mol. The lowest BCUT2D eigenvalue weighted by Gasteiger charge is -2.34. The molecule has 2 amide bonds. The number of aromatic nitrogens is 1. The van der Waals surface area contributed by atoms with Crippen LogP contribution in [0.3, 0.4) is 0 Å². The highest BCUT2D eigenvalue weighted by Crippen LogP contribution is 2.38. The Bertz CT molecular complexity index is 1940. The van der Waals surface area contributed by atoms with Crippen LogP contribution in [0.1, 0.15) is 64.0 Å². The molecule has 0 radical (unpaired) electrons. The van der Waals surface area contributed by atoms with E-state index < -0.39 is 57.5 Å². The van der Waals surface area contributed by atoms with Gasteiger partial charge in [0, 0.05) is 53.8 Å². The number of aliphatic hydroxyl groups is 1. The fourth-order valence-corrected chi connectivity index (χ4v) is 7.92. The van der Waals surface area contributed by atoms with E-state index >= 15 is 4.39 Å². The lowest BCUT2D eigenvalue weighted by Crippen LogP contribution is -2.49. The number of ether oxygens (including phenoxy) is 3. The summed E-state index contributed by atoms with van der Waals surface area (Å²) in [5.41, 5.74) is 9.42. The number of amides is 2. The van der Waals surface area contributed by atoms with Gasteiger partial charge in [-0.25, -0.2) is 22.3 Å². The third-order valence-electron chi connectivity index (χ3n) is 9.09. The Hall–Kier alpha value is -4.51. The molecule has 1 aliphatic heterocycles. The number of benzene rings is 2. The topological polar surface area (TPSA) is 205 Å². The normalized spacial score (nSPS) is 15.8. The van der Waals surface area contributed by atoms with Gasteiger partial charge < -0.3 is 29.5 Å². The summed E-state index contributed by atoms with van der Waals surface area (Å²) in [6.07, 6.45) is 1.40. The summed E-state index contributed by atoms with van der Waals surface area (Å²) in [5, 5.41) is 17.4. The molecule has 2 heterocycles. The number of hydrogen-bond acceptors (Lipinski definition) is 10. The van der Waals surface area contributed by atoms with Crippen molar-refractivity contribution in [1.29, 1.82) is 0 Å². The van der Waals surface area contributed by atoms with Gasteiger partial charge in [-0.2, -0.15) is 0 Å². The minimum atomic E-state index is -4.22. The van der Waals surface area contributed by atoms with Crippen LogP contribution >= 0.6 is 11.6 Å². The number of nitrogens with one attached hydrogen (secondary N) is 2. The number of sulfonamides is 1. The van der Waals surface area contributed by atoms with Gasteiger partial charge in [-0.05, 0) is 107 Å². The first-order chi connectivity index (χ1) is 26.5. The molecule has 0 bridgehead atoms. The van der Waals surface area contributed by atoms with Gasteiger partial charge in [0.15, 0.2) is 0 Å². The fraction of sp³-hybridized carbons (Fsp3) is 0.500. The average Bonchev–Trinajstić information content (AvgIpc) is 3.14. The van der Waals surface area contributed by atoms with Crippen LogP contribution in [0.4, 0.5) is 14.9 Å². The van der Waals surface area contributed by atoms with Gasteiger partial charge in [-0.3, -0.25) is 9.78 Å². The lowest BCUT2D eigenvalue weighted by atomic mass is 9.76. The summed E-state index contributed by atoms with van der Waals surface area (Å²) in [5.74, 6) is -1.71. The number of rotatable bonds is 17. The molecule has 0 saturated carbocycles. The molecule has 4 atom stereocenters. The number of azide groups is 1. The largest absolute Gasteiger partial charge is 0.497 e. The average molecular weight is 818 g/mol. The maximum atomic E-state index is 15.7. The molecule has 304 valence electrons. The summed E-state index contributed by atoms with van der Waals surface area (Å²) in [7, 11) is -2.77. The summed E-state index contributed by atoms with van der Waals surface area (Å²) >= 11 is 6.16. The molecule has 1 aromatic heterocycles. The van der Waals surface area contributed by atoms with Crippen LogP contribution in [0.25, 0.3) is 10.4 Å². The van der Waals surface area contributed by atoms with E-state index in [1.54, 1.807) is 45.0 Å². The van der Waals surface area contributed by atoms with Crippen molar-refractivity contribution in [2.24, 2.45) is 11.0 Å². The van der Waals surface area contributed by atoms with E-state index in [-0.39, 0.29) is 48.0 Å². The maximum Gasteiger partial charge on any atom is 0.410 e. The van der Waals surface area contributed by atoms with E-state index in [1.807, 2.05) is 0 Å². The van der Waals surface area contributed by atoms with Gasteiger partial charge in [0.05, 0.1) is 36.2 Å². The van der Waals surface area contributed by atoms with Crippen molar-refractivity contribution in [1.82, 2.24) is 14.6 Å². The van der Waals surface area contributed by atoms with Crippen molar-refractivity contribution in [3.63, 3.8) is 0 Å². The van der Waals surface area contributed by atoms with Crippen molar-refractivity contribution in [3.05, 3.63) is 93.3 Å². The molecule has 0 spiro atoms. The van der Waals surface area contributed by atoms with Crippen LogP contribution in [0.2, 0.25) is 5.02 Å². The van der Waals surface area contributed by atoms with Crippen molar-refractivity contribution < 1.29 is 41.7 Å². The Kier molecular flexibility index (Phi) is 15.8. The van der Waals surface area contributed by atoms with Gasteiger partial charge in [-0.15, -0.1) is 0 Å². The SMILES string of the molecule is COc1ccc(S(=O)(=O)N[C@@H](CCc2c(F)cncc2NC(=O)C(N=[N+]=[N-])[C@@H](c2ccc(Cl)cc2)C2CCOCC2)CN(C[C@@H](C)O)C(=O)OC(C)(C)C)cc1. The number of aliphatic hydroxyl groups excluding tert-OH is 1. The first-order valence-electron chi connectivity index (χ1n) is 18.1. The predicted molar refractivity (Wildman–Crippen MR) is 208 cm³/mol. The minimum absolute atomic E-state index is 0.00450. The van der Waals surface area contributed by atoms with E-state index in [2.05, 4.69) is 25.0 Å². The van der Waals surface area contributed by atoms with Crippen LogP contribution in [0, 0.1) is 11.7 Å². The van der Waals surface area contributed by atoms with E-state index in [9.17, 15) is 28.6 Å². The zero-order chi connectivity index (χ0) is 41.0. The van der Waals surface area contributed by atoms with E-state index in [0.717, 1.165) is 11.8 Å². The molecule has 0 aliphatic carbocycles. The van der Waals surface area contributed by atoms with Gasteiger partial charge in [-0.1, -0.05) is 28.8 Å². The lowest BCUT2D eigenvalue weighted by molar-refractivity contribution is -0.118. The van der Waals surface area contributed by atoms with Crippen LogP contribution in [0.5, 0.6) is 5.75 Å². The van der Waals surface area contributed by atoms with Crippen molar-refractivity contribution in [2.45, 2.75) is 88.0 Å². The fourth-order valence-electron chi connectivity index (χ4n) is 6.53. The predicted octanol–water partition coefficient (Wildman–Crippen LogP) is 6.61. The van der Waals surface area contributed by atoms with Crippen LogP contribution in [-0.4, -0.2) is 92.6 Å². The molecule has 1 unspecified atom stereocenters. The van der Waals surface area contributed by atoms with Crippen molar-refractivity contribution in [3.8, 4) is 5.75 Å². The first-order valence-corrected chi connectivity index (χ1v) is 20.0. The zero-order valence-corrected chi connectivity index (χ0v) is 33.6. The second-order valence-corrected chi connectivity index (χ2v) is 16.7. The van der Waals surface area contributed by atoms with Crippen molar-refractivity contribution >= 4 is 39.3 Å². The number of carbonyl (C=O) groups is 2. The van der Waals surface area contributed by atoms with E-state index in [1.165, 1.54) is 49.4 Å². The summed E-state index contributed by atoms with van der Waals surface area (Å²) in [6.45, 7) is 6.95. The first kappa shape index (κ1) is 44.2. The van der Waals surface area contributed by atoms with Gasteiger partial charge in [0.1, 0.15) is 23.2 Å². The molecule has 18 heteroatoms. The monoisotopic (exact) mass is 817 g/mol. The molecule has 4 rings (SSSR count). The zero-order valence-electron chi connectivity index (χ0n) is 32.0. The minimum Gasteiger partial charge on any atom is -0.497 e. The highest BCUT2D eigenvalue weighted by molar-refractivity contribution is 7.89. The maximum absolute atomic E-state index is 15.7. The van der Waals surface area contributed by atoms with Crippen molar-refractivity contribution in [2.75, 3.05) is 38.7 Å². The van der Waals surface area contributed by atoms with Gasteiger partial charge in [0.2, 0.25) is 15.9 Å². The standard InChI is InChI=1S/C38H49ClFN7O8S/c1-24(48)22-47(37(50)55-38(2,3)4)23-28(45-56(51,52)30-13-11-29(53-5)12-14-30)10-15-31-32(40)20-42-21-33(31)43-36(49)35(44-46-41)34(26-16-18-54-19-17-26)25-6-8-27(39)9-7-25/h6-9,11-14,20-21,24,26,28,34-35,45,48H,10,15-19,22-23H2,1-5H3,(H,43,49)/t24-,28+,34+,35?/m1/s1. The Morgan fingerprint density at radius 1 is 1.12 bits per heavy atom. The number of halogens is 2. The molecule has 3 N–H and O–H groups in total. The Morgan fingerprint density at radius 2 is 1.79 bits per heavy atom.